The van der Waals surface area contributed by atoms with Crippen molar-refractivity contribution in [3.63, 3.8) is 0 Å². The number of piperidine rings is 4. The molecule has 4 heterocycles. The van der Waals surface area contributed by atoms with Gasteiger partial charge in [-0.15, -0.1) is 0 Å². The molecule has 2 aromatic rings. The highest BCUT2D eigenvalue weighted by Gasteiger charge is 2.48. The molecule has 10 nitrogen and oxygen atoms in total. The van der Waals surface area contributed by atoms with Crippen molar-refractivity contribution in [1.82, 2.24) is 9.80 Å². The Kier molecular flexibility index (Phi) is 13.4. The van der Waals surface area contributed by atoms with Crippen LogP contribution < -0.4 is 10.2 Å². The molecule has 10 heteroatoms. The van der Waals surface area contributed by atoms with Crippen LogP contribution in [0.5, 0.6) is 0 Å². The molecule has 0 radical (unpaired) electrons. The minimum Gasteiger partial charge on any atom is -0.481 e. The zero-order chi connectivity index (χ0) is 42.0. The SMILES string of the molecule is CC(=O)N(c1ccccc1[N+](=O)[O-])C1CC2CCCC(C1)N2C1CC2CCCC(C2)C1.O=C(O)CCc1ccccc1NC1CC2CCCC(C1)N2C1CC2CCCC(C2)C1. The zero-order valence-corrected chi connectivity index (χ0v) is 36.9. The molecular weight excluding hydrogens is 763 g/mol. The first-order valence-electron chi connectivity index (χ1n) is 24.8. The maximum Gasteiger partial charge on any atom is 0.303 e. The average Bonchev–Trinajstić information content (AvgIpc) is 3.23. The molecule has 4 saturated heterocycles. The van der Waals surface area contributed by atoms with E-state index in [0.717, 1.165) is 65.9 Å². The number of aliphatic carboxylic acids is 1. The summed E-state index contributed by atoms with van der Waals surface area (Å²) < 4.78 is 0. The summed E-state index contributed by atoms with van der Waals surface area (Å²) >= 11 is 0. The lowest BCUT2D eigenvalue weighted by Gasteiger charge is -2.56. The molecule has 1 amide bonds. The molecule has 8 atom stereocenters. The van der Waals surface area contributed by atoms with Crippen molar-refractivity contribution in [1.29, 1.82) is 0 Å². The van der Waals surface area contributed by atoms with Crippen LogP contribution >= 0.6 is 0 Å². The number of carbonyl (C=O) groups excluding carboxylic acids is 1. The Morgan fingerprint density at radius 3 is 1.64 bits per heavy atom. The van der Waals surface area contributed by atoms with E-state index in [0.29, 0.717) is 36.3 Å². The number of rotatable bonds is 10. The lowest BCUT2D eigenvalue weighted by Crippen LogP contribution is -2.61. The van der Waals surface area contributed by atoms with E-state index in [1.165, 1.54) is 134 Å². The monoisotopic (exact) mass is 836 g/mol. The third kappa shape index (κ3) is 9.70. The highest BCUT2D eigenvalue weighted by atomic mass is 16.6. The maximum absolute atomic E-state index is 12.7. The van der Waals surface area contributed by atoms with Crippen molar-refractivity contribution >= 4 is 28.9 Å². The quantitative estimate of drug-likeness (QED) is 0.179. The number of nitrogens with one attached hydrogen (secondary N) is 1. The normalized spacial score (nSPS) is 35.8. The van der Waals surface area contributed by atoms with Gasteiger partial charge in [-0.05, 0) is 138 Å². The number of carboxylic acids is 1. The van der Waals surface area contributed by atoms with E-state index < -0.39 is 5.97 Å². The Hall–Kier alpha value is -3.50. The van der Waals surface area contributed by atoms with Crippen molar-refractivity contribution in [2.24, 2.45) is 23.7 Å². The smallest absolute Gasteiger partial charge is 0.303 e. The Bertz CT molecular complexity index is 1800. The topological polar surface area (TPSA) is 119 Å². The minimum atomic E-state index is -0.718. The highest BCUT2D eigenvalue weighted by Crippen LogP contribution is 2.48. The minimum absolute atomic E-state index is 0.0328. The van der Waals surface area contributed by atoms with Gasteiger partial charge in [-0.25, -0.2) is 0 Å². The summed E-state index contributed by atoms with van der Waals surface area (Å²) in [4.78, 5) is 42.7. The number of fused-ring (bicyclic) bond motifs is 8. The van der Waals surface area contributed by atoms with Crippen molar-refractivity contribution in [3.05, 3.63) is 64.2 Å². The van der Waals surface area contributed by atoms with Gasteiger partial charge in [0.2, 0.25) is 5.91 Å². The Labute approximate surface area is 364 Å². The number of carbonyl (C=O) groups is 2. The van der Waals surface area contributed by atoms with Crippen molar-refractivity contribution in [2.45, 2.75) is 209 Å². The number of nitro groups is 1. The molecule has 4 aliphatic heterocycles. The summed E-state index contributed by atoms with van der Waals surface area (Å²) in [5.41, 5.74) is 2.80. The first-order chi connectivity index (χ1) is 29.7. The van der Waals surface area contributed by atoms with Gasteiger partial charge in [0.15, 0.2) is 0 Å². The number of hydrogen-bond acceptors (Lipinski definition) is 7. The molecule has 4 aliphatic carbocycles. The number of aryl methyl sites for hydroxylation is 1. The van der Waals surface area contributed by atoms with E-state index in [1.807, 2.05) is 6.07 Å². The molecule has 0 aromatic heterocycles. The van der Waals surface area contributed by atoms with Gasteiger partial charge in [0.25, 0.3) is 5.69 Å². The highest BCUT2D eigenvalue weighted by molar-refractivity contribution is 5.94. The zero-order valence-electron chi connectivity index (χ0n) is 36.9. The fraction of sp³-hybridized carbons (Fsp3) is 0.725. The first kappa shape index (κ1) is 42.8. The van der Waals surface area contributed by atoms with Crippen LogP contribution in [0.3, 0.4) is 0 Å². The molecule has 8 fully saturated rings. The van der Waals surface area contributed by atoms with Gasteiger partial charge >= 0.3 is 5.97 Å². The molecule has 8 unspecified atom stereocenters. The van der Waals surface area contributed by atoms with E-state index in [9.17, 15) is 19.7 Å². The number of nitrogens with zero attached hydrogens (tertiary/aromatic N) is 4. The molecule has 10 rings (SSSR count). The summed E-state index contributed by atoms with van der Waals surface area (Å²) in [7, 11) is 0. The number of nitro benzene ring substituents is 1. The van der Waals surface area contributed by atoms with Crippen LogP contribution in [0.4, 0.5) is 17.1 Å². The van der Waals surface area contributed by atoms with E-state index in [2.05, 4.69) is 33.3 Å². The van der Waals surface area contributed by atoms with Gasteiger partial charge in [0, 0.05) is 73.4 Å². The van der Waals surface area contributed by atoms with Crippen LogP contribution in [-0.2, 0) is 16.0 Å². The molecule has 2 N–H and O–H groups in total. The van der Waals surface area contributed by atoms with E-state index in [-0.39, 0.29) is 29.0 Å². The predicted octanol–water partition coefficient (Wildman–Crippen LogP) is 10.8. The first-order valence-corrected chi connectivity index (χ1v) is 24.8. The van der Waals surface area contributed by atoms with E-state index in [4.69, 9.17) is 5.11 Å². The lowest BCUT2D eigenvalue weighted by molar-refractivity contribution is -0.384. The summed E-state index contributed by atoms with van der Waals surface area (Å²) in [6.45, 7) is 1.56. The number of anilines is 2. The van der Waals surface area contributed by atoms with Crippen LogP contribution in [0.1, 0.15) is 160 Å². The van der Waals surface area contributed by atoms with Gasteiger partial charge in [0.1, 0.15) is 5.69 Å². The second kappa shape index (κ2) is 19.1. The second-order valence-corrected chi connectivity index (χ2v) is 21.0. The third-order valence-electron chi connectivity index (χ3n) is 17.1. The van der Waals surface area contributed by atoms with Crippen LogP contribution in [0.25, 0.3) is 0 Å². The largest absolute Gasteiger partial charge is 0.481 e. The molecule has 332 valence electrons. The number of carboxylic acid groups (broad SMARTS) is 1. The van der Waals surface area contributed by atoms with Gasteiger partial charge in [-0.2, -0.15) is 0 Å². The standard InChI is InChI=1S/C26H38N2O2.C25H35N3O3/c29-26(30)12-11-20-7-1-2-10-25(20)27-21-16-22-8-4-9-23(17-21)28(22)24-14-18-5-3-6-19(13-18)15-24;1-17(29)26(24-10-2-3-11-25(24)28(30)31)23-15-20-8-5-9-21(16-23)27(20)22-13-18-6-4-7-19(12-18)14-22/h1-2,7,10,18-19,21-24,27H,3-6,8-9,11-17H2,(H,29,30);2-3,10-11,18-23H,4-9,12-16H2,1H3. The summed E-state index contributed by atoms with van der Waals surface area (Å²) in [5, 5.41) is 24.6. The average molecular weight is 836 g/mol. The predicted molar refractivity (Wildman–Crippen MR) is 242 cm³/mol. The van der Waals surface area contributed by atoms with Crippen molar-refractivity contribution < 1.29 is 19.6 Å². The van der Waals surface area contributed by atoms with Gasteiger partial charge in [-0.1, -0.05) is 81.7 Å². The summed E-state index contributed by atoms with van der Waals surface area (Å²) in [6.07, 6.45) is 30.2. The summed E-state index contributed by atoms with van der Waals surface area (Å²) in [5.74, 6) is 3.02. The van der Waals surface area contributed by atoms with Gasteiger partial charge in [0.05, 0.1) is 4.92 Å². The molecule has 8 aliphatic rings. The van der Waals surface area contributed by atoms with Gasteiger partial charge in [-0.3, -0.25) is 29.5 Å². The maximum atomic E-state index is 12.7. The Balaban J connectivity index is 0.000000156. The Morgan fingerprint density at radius 1 is 0.656 bits per heavy atom. The van der Waals surface area contributed by atoms with Crippen LogP contribution in [-0.4, -0.2) is 80.0 Å². The number of para-hydroxylation sites is 3. The second-order valence-electron chi connectivity index (χ2n) is 21.0. The van der Waals surface area contributed by atoms with Crippen LogP contribution in [0.15, 0.2) is 48.5 Å². The molecule has 0 spiro atoms. The molecule has 2 aromatic carbocycles. The van der Waals surface area contributed by atoms with E-state index >= 15 is 0 Å². The number of benzene rings is 2. The molecule has 61 heavy (non-hydrogen) atoms. The van der Waals surface area contributed by atoms with Crippen molar-refractivity contribution in [3.8, 4) is 0 Å². The number of amides is 1. The third-order valence-corrected chi connectivity index (χ3v) is 17.1. The molecular formula is C51H73N5O5. The van der Waals surface area contributed by atoms with Crippen LogP contribution in [0, 0.1) is 33.8 Å². The van der Waals surface area contributed by atoms with Crippen LogP contribution in [0.2, 0.25) is 0 Å². The van der Waals surface area contributed by atoms with E-state index in [1.54, 1.807) is 30.0 Å². The fourth-order valence-corrected chi connectivity index (χ4v) is 15.0. The molecule has 4 saturated carbocycles. The van der Waals surface area contributed by atoms with Gasteiger partial charge < -0.3 is 15.3 Å². The molecule has 8 bridgehead atoms. The fourth-order valence-electron chi connectivity index (χ4n) is 15.0. The Morgan fingerprint density at radius 2 is 1.13 bits per heavy atom. The number of hydrogen-bond donors (Lipinski definition) is 2. The van der Waals surface area contributed by atoms with Crippen molar-refractivity contribution in [2.75, 3.05) is 10.2 Å². The lowest BCUT2D eigenvalue weighted by atomic mass is 9.68. The summed E-state index contributed by atoms with van der Waals surface area (Å²) in [6, 6.07) is 19.7.